The normalized spacial score (nSPS) is 14.7. The van der Waals surface area contributed by atoms with Gasteiger partial charge in [0, 0.05) is 32.6 Å². The number of halogens is 1. The molecule has 5 heteroatoms. The van der Waals surface area contributed by atoms with E-state index >= 15 is 0 Å². The standard InChI is InChI=1S/C25H19FN2OS/c1-16-19(14-24-25(29)27-21-11-5-7-13-23(21)30-24)18-9-3-6-12-22(18)28(16)15-17-8-2-4-10-20(17)26/h2-14H,15H2,1H3,(H,27,29)/b24-14-. The fraction of sp³-hybridized carbons (Fsp3) is 0.0800. The molecule has 148 valence electrons. The molecule has 1 aromatic heterocycles. The zero-order valence-corrected chi connectivity index (χ0v) is 17.2. The number of nitrogens with zero attached hydrogens (tertiary/aromatic N) is 1. The van der Waals surface area contributed by atoms with E-state index in [4.69, 9.17) is 0 Å². The SMILES string of the molecule is Cc1c(/C=C2\Sc3ccccc3NC2=O)c2ccccc2n1Cc1ccccc1F. The van der Waals surface area contributed by atoms with Crippen LogP contribution in [0.4, 0.5) is 10.1 Å². The Balaban J connectivity index is 1.62. The van der Waals surface area contributed by atoms with Gasteiger partial charge in [-0.3, -0.25) is 4.79 Å². The molecule has 5 rings (SSSR count). The van der Waals surface area contributed by atoms with E-state index in [0.29, 0.717) is 17.0 Å². The van der Waals surface area contributed by atoms with Gasteiger partial charge in [-0.15, -0.1) is 0 Å². The molecule has 2 heterocycles. The molecule has 3 aromatic carbocycles. The Hall–Kier alpha value is -3.31. The van der Waals surface area contributed by atoms with Crippen LogP contribution in [0, 0.1) is 12.7 Å². The second-order valence-corrected chi connectivity index (χ2v) is 8.34. The van der Waals surface area contributed by atoms with Crippen LogP contribution in [-0.2, 0) is 11.3 Å². The van der Waals surface area contributed by atoms with E-state index in [9.17, 15) is 9.18 Å². The van der Waals surface area contributed by atoms with Crippen LogP contribution in [0.1, 0.15) is 16.8 Å². The van der Waals surface area contributed by atoms with E-state index in [-0.39, 0.29) is 11.7 Å². The van der Waals surface area contributed by atoms with Crippen LogP contribution in [0.25, 0.3) is 17.0 Å². The maximum Gasteiger partial charge on any atom is 0.262 e. The van der Waals surface area contributed by atoms with Gasteiger partial charge in [0.25, 0.3) is 5.91 Å². The first kappa shape index (κ1) is 18.7. The van der Waals surface area contributed by atoms with Crippen molar-refractivity contribution < 1.29 is 9.18 Å². The molecule has 0 unspecified atom stereocenters. The zero-order chi connectivity index (χ0) is 20.7. The third kappa shape index (κ3) is 3.21. The first-order valence-electron chi connectivity index (χ1n) is 9.73. The second-order valence-electron chi connectivity index (χ2n) is 7.25. The fourth-order valence-corrected chi connectivity index (χ4v) is 4.81. The molecule has 3 nitrogen and oxygen atoms in total. The van der Waals surface area contributed by atoms with E-state index < -0.39 is 0 Å². The number of nitrogens with one attached hydrogen (secondary N) is 1. The molecule has 0 radical (unpaired) electrons. The maximum absolute atomic E-state index is 14.3. The summed E-state index contributed by atoms with van der Waals surface area (Å²) < 4.78 is 16.4. The Bertz CT molecular complexity index is 1320. The van der Waals surface area contributed by atoms with Gasteiger partial charge in [-0.25, -0.2) is 4.39 Å². The molecule has 1 aliphatic heterocycles. The summed E-state index contributed by atoms with van der Waals surface area (Å²) in [6.45, 7) is 2.46. The number of rotatable bonds is 3. The molecular weight excluding hydrogens is 395 g/mol. The number of hydrogen-bond acceptors (Lipinski definition) is 2. The molecular formula is C25H19FN2OS. The average molecular weight is 415 g/mol. The average Bonchev–Trinajstić information content (AvgIpc) is 3.02. The molecule has 4 aromatic rings. The summed E-state index contributed by atoms with van der Waals surface area (Å²) in [5.41, 5.74) is 4.48. The monoisotopic (exact) mass is 414 g/mol. The predicted molar refractivity (Wildman–Crippen MR) is 121 cm³/mol. The second kappa shape index (κ2) is 7.50. The number of carbonyl (C=O) groups excluding carboxylic acids is 1. The molecule has 0 fully saturated rings. The largest absolute Gasteiger partial charge is 0.340 e. The summed E-state index contributed by atoms with van der Waals surface area (Å²) in [7, 11) is 0. The highest BCUT2D eigenvalue weighted by Crippen LogP contribution is 2.40. The van der Waals surface area contributed by atoms with Gasteiger partial charge < -0.3 is 9.88 Å². The summed E-state index contributed by atoms with van der Waals surface area (Å²) in [5, 5.41) is 4.01. The Labute approximate surface area is 178 Å². The summed E-state index contributed by atoms with van der Waals surface area (Å²) in [6.07, 6.45) is 1.95. The van der Waals surface area contributed by atoms with Gasteiger partial charge in [0.1, 0.15) is 5.82 Å². The summed E-state index contributed by atoms with van der Waals surface area (Å²) in [6, 6.07) is 22.7. The van der Waals surface area contributed by atoms with Crippen molar-refractivity contribution >= 4 is 40.3 Å². The van der Waals surface area contributed by atoms with Gasteiger partial charge in [-0.1, -0.05) is 60.3 Å². The summed E-state index contributed by atoms with van der Waals surface area (Å²) in [4.78, 5) is 14.4. The van der Waals surface area contributed by atoms with Gasteiger partial charge in [0.15, 0.2) is 0 Å². The molecule has 0 spiro atoms. The van der Waals surface area contributed by atoms with Crippen LogP contribution >= 0.6 is 11.8 Å². The minimum absolute atomic E-state index is 0.107. The van der Waals surface area contributed by atoms with Gasteiger partial charge >= 0.3 is 0 Å². The number of para-hydroxylation sites is 2. The van der Waals surface area contributed by atoms with Crippen molar-refractivity contribution in [1.82, 2.24) is 4.57 Å². The smallest absolute Gasteiger partial charge is 0.262 e. The van der Waals surface area contributed by atoms with Crippen molar-refractivity contribution in [2.75, 3.05) is 5.32 Å². The van der Waals surface area contributed by atoms with E-state index in [1.54, 1.807) is 6.07 Å². The van der Waals surface area contributed by atoms with Gasteiger partial charge in [0.05, 0.1) is 17.1 Å². The molecule has 1 N–H and O–H groups in total. The molecule has 0 saturated heterocycles. The van der Waals surface area contributed by atoms with Crippen molar-refractivity contribution in [2.45, 2.75) is 18.4 Å². The number of carbonyl (C=O) groups is 1. The lowest BCUT2D eigenvalue weighted by atomic mass is 10.1. The number of amides is 1. The van der Waals surface area contributed by atoms with Gasteiger partial charge in [0.2, 0.25) is 0 Å². The number of thioether (sulfide) groups is 1. The van der Waals surface area contributed by atoms with Crippen molar-refractivity contribution in [2.24, 2.45) is 0 Å². The van der Waals surface area contributed by atoms with Gasteiger partial charge in [-0.05, 0) is 37.3 Å². The van der Waals surface area contributed by atoms with E-state index in [1.165, 1.54) is 17.8 Å². The van der Waals surface area contributed by atoms with Crippen molar-refractivity contribution in [3.05, 3.63) is 100 Å². The molecule has 0 aliphatic carbocycles. The molecule has 0 atom stereocenters. The first-order valence-corrected chi connectivity index (χ1v) is 10.5. The van der Waals surface area contributed by atoms with Gasteiger partial charge in [-0.2, -0.15) is 0 Å². The van der Waals surface area contributed by atoms with Crippen LogP contribution in [-0.4, -0.2) is 10.5 Å². The van der Waals surface area contributed by atoms with Crippen LogP contribution < -0.4 is 5.32 Å². The van der Waals surface area contributed by atoms with Crippen LogP contribution in [0.2, 0.25) is 0 Å². The van der Waals surface area contributed by atoms with Crippen molar-refractivity contribution in [1.29, 1.82) is 0 Å². The molecule has 0 saturated carbocycles. The molecule has 1 amide bonds. The fourth-order valence-electron chi connectivity index (χ4n) is 3.87. The van der Waals surface area contributed by atoms with Crippen molar-refractivity contribution in [3.8, 4) is 0 Å². The van der Waals surface area contributed by atoms with Crippen LogP contribution in [0.15, 0.2) is 82.6 Å². The highest BCUT2D eigenvalue weighted by molar-refractivity contribution is 8.04. The third-order valence-electron chi connectivity index (χ3n) is 5.42. The minimum atomic E-state index is -0.214. The Morgan fingerprint density at radius 2 is 1.73 bits per heavy atom. The lowest BCUT2D eigenvalue weighted by Gasteiger charge is -2.18. The predicted octanol–water partition coefficient (Wildman–Crippen LogP) is 6.22. The topological polar surface area (TPSA) is 34.0 Å². The molecule has 0 bridgehead atoms. The van der Waals surface area contributed by atoms with E-state index in [0.717, 1.165) is 32.7 Å². The van der Waals surface area contributed by atoms with Crippen LogP contribution in [0.5, 0.6) is 0 Å². The van der Waals surface area contributed by atoms with E-state index in [1.807, 2.05) is 73.7 Å². The Morgan fingerprint density at radius 1 is 1.00 bits per heavy atom. The van der Waals surface area contributed by atoms with Crippen molar-refractivity contribution in [3.63, 3.8) is 0 Å². The number of fused-ring (bicyclic) bond motifs is 2. The van der Waals surface area contributed by atoms with E-state index in [2.05, 4.69) is 9.88 Å². The third-order valence-corrected chi connectivity index (χ3v) is 6.52. The highest BCUT2D eigenvalue weighted by atomic mass is 32.2. The van der Waals surface area contributed by atoms with Crippen LogP contribution in [0.3, 0.4) is 0 Å². The molecule has 1 aliphatic rings. The number of anilines is 1. The lowest BCUT2D eigenvalue weighted by Crippen LogP contribution is -2.17. The Kier molecular flexibility index (Phi) is 4.68. The highest BCUT2D eigenvalue weighted by Gasteiger charge is 2.22. The lowest BCUT2D eigenvalue weighted by molar-refractivity contribution is -0.112. The quantitative estimate of drug-likeness (QED) is 0.404. The zero-order valence-electron chi connectivity index (χ0n) is 16.4. The number of aromatic nitrogens is 1. The summed E-state index contributed by atoms with van der Waals surface area (Å²) in [5.74, 6) is -0.322. The minimum Gasteiger partial charge on any atom is -0.340 e. The first-order chi connectivity index (χ1) is 14.6. The molecule has 30 heavy (non-hydrogen) atoms. The number of hydrogen-bond donors (Lipinski definition) is 1. The summed E-state index contributed by atoms with van der Waals surface area (Å²) >= 11 is 1.47. The Morgan fingerprint density at radius 3 is 2.60 bits per heavy atom. The maximum atomic E-state index is 14.3. The number of benzene rings is 3.